The topological polar surface area (TPSA) is 53.3 Å². The first-order valence-corrected chi connectivity index (χ1v) is 7.32. The van der Waals surface area contributed by atoms with Crippen molar-refractivity contribution in [2.45, 2.75) is 32.5 Å². The van der Waals surface area contributed by atoms with Gasteiger partial charge in [0.25, 0.3) is 5.91 Å². The minimum absolute atomic E-state index is 0.0877. The molecule has 2 rings (SSSR count). The molecule has 1 aromatic carbocycles. The zero-order valence-electron chi connectivity index (χ0n) is 13.0. The summed E-state index contributed by atoms with van der Waals surface area (Å²) in [6.45, 7) is 5.75. The Balaban J connectivity index is 2.44. The van der Waals surface area contributed by atoms with Gasteiger partial charge in [0.1, 0.15) is 11.6 Å². The van der Waals surface area contributed by atoms with Gasteiger partial charge in [-0.1, -0.05) is 32.1 Å². The quantitative estimate of drug-likeness (QED) is 0.798. The first kappa shape index (κ1) is 17.6. The lowest BCUT2D eigenvalue weighted by atomic mass is 10.0. The van der Waals surface area contributed by atoms with Crippen molar-refractivity contribution in [3.05, 3.63) is 47.7 Å². The highest BCUT2D eigenvalue weighted by molar-refractivity contribution is 6.16. The van der Waals surface area contributed by atoms with Gasteiger partial charge in [-0.2, -0.15) is 5.26 Å². The summed E-state index contributed by atoms with van der Waals surface area (Å²) in [5.74, 6) is -1.21. The van der Waals surface area contributed by atoms with Crippen LogP contribution in [-0.2, 0) is 4.79 Å². The zero-order chi connectivity index (χ0) is 17.9. The van der Waals surface area contributed by atoms with Crippen molar-refractivity contribution in [3.8, 4) is 11.8 Å². The second-order valence-electron chi connectivity index (χ2n) is 5.17. The maximum Gasteiger partial charge on any atom is 0.573 e. The van der Waals surface area contributed by atoms with Gasteiger partial charge in [0, 0.05) is 5.70 Å². The molecule has 7 heteroatoms. The van der Waals surface area contributed by atoms with E-state index in [4.69, 9.17) is 0 Å². The Labute approximate surface area is 137 Å². The van der Waals surface area contributed by atoms with E-state index in [1.807, 2.05) is 13.0 Å². The summed E-state index contributed by atoms with van der Waals surface area (Å²) < 4.78 is 41.7. The summed E-state index contributed by atoms with van der Waals surface area (Å²) in [6, 6.07) is 7.11. The lowest BCUT2D eigenvalue weighted by Gasteiger charge is -2.22. The number of rotatable bonds is 5. The number of carbonyl (C=O) groups is 1. The highest BCUT2D eigenvalue weighted by Gasteiger charge is 2.38. The molecule has 0 aromatic heterocycles. The fraction of sp³-hybridized carbons (Fsp3) is 0.294. The third-order valence-electron chi connectivity index (χ3n) is 3.56. The largest absolute Gasteiger partial charge is 0.573 e. The number of nitriles is 1. The van der Waals surface area contributed by atoms with Crippen molar-refractivity contribution < 1.29 is 22.7 Å². The third-order valence-corrected chi connectivity index (χ3v) is 3.56. The number of amides is 1. The Bertz CT molecular complexity index is 745. The Morgan fingerprint density at radius 2 is 2.00 bits per heavy atom. The Hall–Kier alpha value is -2.75. The molecule has 1 aliphatic rings. The highest BCUT2D eigenvalue weighted by atomic mass is 19.4. The summed E-state index contributed by atoms with van der Waals surface area (Å²) in [4.78, 5) is 13.5. The minimum Gasteiger partial charge on any atom is -0.404 e. The number of anilines is 1. The fourth-order valence-corrected chi connectivity index (χ4v) is 2.49. The van der Waals surface area contributed by atoms with E-state index in [0.29, 0.717) is 12.0 Å². The van der Waals surface area contributed by atoms with Crippen LogP contribution in [0.15, 0.2) is 47.7 Å². The summed E-state index contributed by atoms with van der Waals surface area (Å²) in [5.41, 5.74) is 0.494. The van der Waals surface area contributed by atoms with Crippen LogP contribution < -0.4 is 9.64 Å². The fourth-order valence-electron chi connectivity index (χ4n) is 2.49. The van der Waals surface area contributed by atoms with E-state index >= 15 is 0 Å². The van der Waals surface area contributed by atoms with Gasteiger partial charge in [-0.3, -0.25) is 9.69 Å². The second-order valence-corrected chi connectivity index (χ2v) is 5.17. The Morgan fingerprint density at radius 1 is 1.33 bits per heavy atom. The van der Waals surface area contributed by atoms with Crippen LogP contribution in [0.5, 0.6) is 5.75 Å². The van der Waals surface area contributed by atoms with E-state index in [0.717, 1.165) is 23.8 Å². The van der Waals surface area contributed by atoms with Crippen molar-refractivity contribution in [1.82, 2.24) is 0 Å². The molecule has 24 heavy (non-hydrogen) atoms. The number of halogens is 3. The molecule has 0 spiro atoms. The van der Waals surface area contributed by atoms with Crippen molar-refractivity contribution in [2.75, 3.05) is 4.90 Å². The minimum atomic E-state index is -4.89. The molecule has 0 unspecified atom stereocenters. The molecule has 0 saturated carbocycles. The van der Waals surface area contributed by atoms with Crippen LogP contribution in [0.2, 0.25) is 0 Å². The number of benzene rings is 1. The maximum absolute atomic E-state index is 12.6. The van der Waals surface area contributed by atoms with Gasteiger partial charge in [-0.25, -0.2) is 0 Å². The normalized spacial score (nSPS) is 15.0. The predicted octanol–water partition coefficient (Wildman–Crippen LogP) is 4.46. The molecule has 1 heterocycles. The molecule has 0 N–H and O–H groups in total. The average Bonchev–Trinajstić information content (AvgIpc) is 2.74. The Kier molecular flexibility index (Phi) is 4.98. The number of hydrogen-bond donors (Lipinski definition) is 0. The van der Waals surface area contributed by atoms with Crippen LogP contribution in [0.25, 0.3) is 0 Å². The van der Waals surface area contributed by atoms with Crippen molar-refractivity contribution in [2.24, 2.45) is 0 Å². The number of unbranched alkanes of at least 4 members (excludes halogenated alkanes) is 1. The first-order chi connectivity index (χ1) is 11.3. The smallest absolute Gasteiger partial charge is 0.404 e. The number of hydrogen-bond acceptors (Lipinski definition) is 3. The van der Waals surface area contributed by atoms with Gasteiger partial charge in [-0.15, -0.1) is 13.2 Å². The lowest BCUT2D eigenvalue weighted by molar-refractivity contribution is -0.274. The number of alkyl halides is 3. The van der Waals surface area contributed by atoms with Crippen molar-refractivity contribution in [3.63, 3.8) is 0 Å². The molecule has 126 valence electrons. The van der Waals surface area contributed by atoms with Crippen LogP contribution in [0.1, 0.15) is 26.2 Å². The van der Waals surface area contributed by atoms with Gasteiger partial charge in [0.2, 0.25) is 0 Å². The molecular formula is C17H15F3N2O2. The van der Waals surface area contributed by atoms with E-state index < -0.39 is 18.0 Å². The summed E-state index contributed by atoms with van der Waals surface area (Å²) in [7, 11) is 0. The first-order valence-electron chi connectivity index (χ1n) is 7.32. The molecule has 0 bridgehead atoms. The lowest BCUT2D eigenvalue weighted by Crippen LogP contribution is -2.27. The standard InChI is InChI=1S/C17H15F3N2O2/c1-3-4-7-12-11(2)22(16(23)13(12)10-21)14-8-5-6-9-15(14)24-17(18,19)20/h5-6,8-9H,2-4,7H2,1H3. The maximum atomic E-state index is 12.6. The van der Waals surface area contributed by atoms with Crippen LogP contribution in [0, 0.1) is 11.3 Å². The van der Waals surface area contributed by atoms with Crippen LogP contribution in [-0.4, -0.2) is 12.3 Å². The van der Waals surface area contributed by atoms with Gasteiger partial charge in [-0.05, 0) is 30.5 Å². The molecule has 0 saturated heterocycles. The summed E-state index contributed by atoms with van der Waals surface area (Å²) >= 11 is 0. The summed E-state index contributed by atoms with van der Waals surface area (Å²) in [6.07, 6.45) is -2.85. The molecule has 1 amide bonds. The molecule has 1 aliphatic heterocycles. The van der Waals surface area contributed by atoms with E-state index in [9.17, 15) is 23.2 Å². The molecule has 1 aromatic rings. The molecule has 0 radical (unpaired) electrons. The summed E-state index contributed by atoms with van der Waals surface area (Å²) in [5, 5.41) is 9.24. The Morgan fingerprint density at radius 3 is 2.58 bits per heavy atom. The van der Waals surface area contributed by atoms with Crippen LogP contribution in [0.3, 0.4) is 0 Å². The monoisotopic (exact) mass is 336 g/mol. The number of nitrogens with zero attached hydrogens (tertiary/aromatic N) is 2. The molecular weight excluding hydrogens is 321 g/mol. The highest BCUT2D eigenvalue weighted by Crippen LogP contribution is 2.41. The van der Waals surface area contributed by atoms with E-state index in [1.165, 1.54) is 18.2 Å². The molecule has 0 aliphatic carbocycles. The van der Waals surface area contributed by atoms with E-state index in [1.54, 1.807) is 0 Å². The molecule has 4 nitrogen and oxygen atoms in total. The number of carbonyl (C=O) groups excluding carboxylic acids is 1. The zero-order valence-corrected chi connectivity index (χ0v) is 13.0. The van der Waals surface area contributed by atoms with E-state index in [-0.39, 0.29) is 17.0 Å². The number of para-hydroxylation sites is 2. The van der Waals surface area contributed by atoms with Gasteiger partial charge < -0.3 is 4.74 Å². The third kappa shape index (κ3) is 3.43. The second kappa shape index (κ2) is 6.79. The number of ether oxygens (including phenoxy) is 1. The number of allylic oxidation sites excluding steroid dienone is 1. The van der Waals surface area contributed by atoms with Crippen molar-refractivity contribution in [1.29, 1.82) is 5.26 Å². The van der Waals surface area contributed by atoms with E-state index in [2.05, 4.69) is 11.3 Å². The van der Waals surface area contributed by atoms with Gasteiger partial charge in [0.15, 0.2) is 5.75 Å². The van der Waals surface area contributed by atoms with Gasteiger partial charge in [0.05, 0.1) is 5.69 Å². The average molecular weight is 336 g/mol. The molecule has 0 fully saturated rings. The van der Waals surface area contributed by atoms with Crippen LogP contribution in [0.4, 0.5) is 18.9 Å². The van der Waals surface area contributed by atoms with Crippen LogP contribution >= 0.6 is 0 Å². The predicted molar refractivity (Wildman–Crippen MR) is 81.9 cm³/mol. The molecule has 0 atom stereocenters. The SMILES string of the molecule is C=C1C(CCCC)=C(C#N)C(=O)N1c1ccccc1OC(F)(F)F. The van der Waals surface area contributed by atoms with Crippen molar-refractivity contribution >= 4 is 11.6 Å². The van der Waals surface area contributed by atoms with Gasteiger partial charge >= 0.3 is 6.36 Å².